The number of nitrogens with zero attached hydrogens (tertiary/aromatic N) is 2. The van der Waals surface area contributed by atoms with Gasteiger partial charge in [0.1, 0.15) is 5.75 Å². The minimum absolute atomic E-state index is 0.682. The quantitative estimate of drug-likeness (QED) is 0.466. The van der Waals surface area contributed by atoms with E-state index >= 15 is 0 Å². The maximum Gasteiger partial charge on any atom is 0.120 e. The number of methoxy groups -OCH3 is 1. The molecule has 0 aliphatic carbocycles. The van der Waals surface area contributed by atoms with E-state index in [9.17, 15) is 0 Å². The molecular formula is C25H32N2O2. The van der Waals surface area contributed by atoms with E-state index in [1.54, 1.807) is 7.11 Å². The van der Waals surface area contributed by atoms with Crippen LogP contribution in [-0.4, -0.2) is 36.3 Å². The molecule has 1 fully saturated rings. The summed E-state index contributed by atoms with van der Waals surface area (Å²) in [5.74, 6) is 0.918. The maximum absolute atomic E-state index is 5.88. The molecule has 4 rings (SSSR count). The molecule has 154 valence electrons. The van der Waals surface area contributed by atoms with E-state index in [1.807, 2.05) is 6.07 Å². The van der Waals surface area contributed by atoms with Crippen molar-refractivity contribution < 1.29 is 9.47 Å². The van der Waals surface area contributed by atoms with E-state index in [-0.39, 0.29) is 0 Å². The van der Waals surface area contributed by atoms with Crippen molar-refractivity contribution in [1.82, 2.24) is 9.47 Å². The Bertz CT molecular complexity index is 898. The Labute approximate surface area is 174 Å². The van der Waals surface area contributed by atoms with Crippen LogP contribution in [0.15, 0.2) is 54.7 Å². The molecule has 0 radical (unpaired) electrons. The minimum atomic E-state index is 0.682. The van der Waals surface area contributed by atoms with Crippen LogP contribution in [0.3, 0.4) is 0 Å². The van der Waals surface area contributed by atoms with Gasteiger partial charge in [-0.25, -0.2) is 0 Å². The summed E-state index contributed by atoms with van der Waals surface area (Å²) >= 11 is 0. The molecule has 1 aromatic heterocycles. The Morgan fingerprint density at radius 1 is 0.966 bits per heavy atom. The van der Waals surface area contributed by atoms with Gasteiger partial charge < -0.3 is 14.0 Å². The van der Waals surface area contributed by atoms with Gasteiger partial charge in [-0.05, 0) is 55.6 Å². The lowest BCUT2D eigenvalue weighted by Gasteiger charge is -2.26. The molecule has 0 saturated carbocycles. The normalized spacial score (nSPS) is 15.1. The third-order valence-electron chi connectivity index (χ3n) is 5.81. The van der Waals surface area contributed by atoms with Crippen molar-refractivity contribution >= 4 is 10.9 Å². The summed E-state index contributed by atoms with van der Waals surface area (Å²) in [6, 6.07) is 16.8. The smallest absolute Gasteiger partial charge is 0.120 e. The standard InChI is InChI=1S/C25H32N2O2/c1-28-23-11-12-24-22(18-26-13-6-3-7-14-26)19-27(25(24)17-23)15-8-16-29-20-21-9-4-2-5-10-21/h2,4-5,9-12,17,19H,3,6-8,13-16,18,20H2,1H3. The highest BCUT2D eigenvalue weighted by molar-refractivity contribution is 5.85. The zero-order chi connectivity index (χ0) is 19.9. The van der Waals surface area contributed by atoms with Crippen molar-refractivity contribution in [3.05, 3.63) is 65.9 Å². The number of likely N-dealkylation sites (tertiary alicyclic amines) is 1. The zero-order valence-electron chi connectivity index (χ0n) is 17.5. The predicted octanol–water partition coefficient (Wildman–Crippen LogP) is 5.24. The molecule has 1 aliphatic rings. The SMILES string of the molecule is COc1ccc2c(CN3CCCCC3)cn(CCCOCc3ccccc3)c2c1. The average molecular weight is 393 g/mol. The van der Waals surface area contributed by atoms with Gasteiger partial charge >= 0.3 is 0 Å². The van der Waals surface area contributed by atoms with Gasteiger partial charge in [0.05, 0.1) is 19.2 Å². The van der Waals surface area contributed by atoms with Gasteiger partial charge in [0, 0.05) is 37.3 Å². The van der Waals surface area contributed by atoms with Gasteiger partial charge in [-0.3, -0.25) is 4.90 Å². The van der Waals surface area contributed by atoms with Crippen LogP contribution in [0, 0.1) is 0 Å². The summed E-state index contributed by atoms with van der Waals surface area (Å²) in [6.45, 7) is 5.88. The molecule has 1 saturated heterocycles. The molecule has 4 nitrogen and oxygen atoms in total. The number of piperidine rings is 1. The number of hydrogen-bond acceptors (Lipinski definition) is 3. The van der Waals surface area contributed by atoms with Gasteiger partial charge in [0.15, 0.2) is 0 Å². The second-order valence-electron chi connectivity index (χ2n) is 7.96. The van der Waals surface area contributed by atoms with Gasteiger partial charge in [-0.15, -0.1) is 0 Å². The largest absolute Gasteiger partial charge is 0.497 e. The summed E-state index contributed by atoms with van der Waals surface area (Å²) in [5.41, 5.74) is 3.92. The third-order valence-corrected chi connectivity index (χ3v) is 5.81. The molecule has 0 N–H and O–H groups in total. The lowest BCUT2D eigenvalue weighted by atomic mass is 10.1. The van der Waals surface area contributed by atoms with Crippen LogP contribution in [0.25, 0.3) is 10.9 Å². The third kappa shape index (κ3) is 5.20. The first-order valence-electron chi connectivity index (χ1n) is 10.8. The molecule has 3 aromatic rings. The van der Waals surface area contributed by atoms with E-state index in [1.165, 1.54) is 54.4 Å². The van der Waals surface area contributed by atoms with Crippen LogP contribution in [0.2, 0.25) is 0 Å². The second-order valence-corrected chi connectivity index (χ2v) is 7.96. The van der Waals surface area contributed by atoms with Crippen molar-refractivity contribution in [2.45, 2.75) is 45.4 Å². The summed E-state index contributed by atoms with van der Waals surface area (Å²) in [7, 11) is 1.74. The van der Waals surface area contributed by atoms with Gasteiger partial charge in [-0.1, -0.05) is 36.8 Å². The summed E-state index contributed by atoms with van der Waals surface area (Å²) in [5, 5.41) is 1.35. The fraction of sp³-hybridized carbons (Fsp3) is 0.440. The van der Waals surface area contributed by atoms with Crippen molar-refractivity contribution in [3.63, 3.8) is 0 Å². The lowest BCUT2D eigenvalue weighted by molar-refractivity contribution is 0.116. The summed E-state index contributed by atoms with van der Waals surface area (Å²) < 4.78 is 13.7. The Morgan fingerprint density at radius 3 is 2.59 bits per heavy atom. The fourth-order valence-corrected chi connectivity index (χ4v) is 4.25. The molecule has 0 atom stereocenters. The van der Waals surface area contributed by atoms with Gasteiger partial charge in [-0.2, -0.15) is 0 Å². The van der Waals surface area contributed by atoms with Crippen LogP contribution >= 0.6 is 0 Å². The average Bonchev–Trinajstić information content (AvgIpc) is 3.11. The molecule has 4 heteroatoms. The topological polar surface area (TPSA) is 26.6 Å². The van der Waals surface area contributed by atoms with E-state index in [2.05, 4.69) is 58.1 Å². The highest BCUT2D eigenvalue weighted by Gasteiger charge is 2.15. The van der Waals surface area contributed by atoms with Crippen LogP contribution < -0.4 is 4.74 Å². The maximum atomic E-state index is 5.88. The zero-order valence-corrected chi connectivity index (χ0v) is 17.5. The highest BCUT2D eigenvalue weighted by atomic mass is 16.5. The van der Waals surface area contributed by atoms with E-state index in [0.29, 0.717) is 6.61 Å². The Kier molecular flexibility index (Phi) is 6.86. The molecule has 0 unspecified atom stereocenters. The molecule has 1 aliphatic heterocycles. The first kappa shape index (κ1) is 20.0. The van der Waals surface area contributed by atoms with Crippen LogP contribution in [-0.2, 0) is 24.4 Å². The number of ether oxygens (including phenoxy) is 2. The molecule has 2 heterocycles. The minimum Gasteiger partial charge on any atom is -0.497 e. The van der Waals surface area contributed by atoms with E-state index in [4.69, 9.17) is 9.47 Å². The monoisotopic (exact) mass is 392 g/mol. The van der Waals surface area contributed by atoms with E-state index in [0.717, 1.165) is 31.9 Å². The molecule has 2 aromatic carbocycles. The number of benzene rings is 2. The van der Waals surface area contributed by atoms with Crippen molar-refractivity contribution in [1.29, 1.82) is 0 Å². The highest BCUT2D eigenvalue weighted by Crippen LogP contribution is 2.28. The number of fused-ring (bicyclic) bond motifs is 1. The number of rotatable bonds is 9. The lowest BCUT2D eigenvalue weighted by Crippen LogP contribution is -2.28. The first-order valence-corrected chi connectivity index (χ1v) is 10.8. The second kappa shape index (κ2) is 9.95. The van der Waals surface area contributed by atoms with Crippen LogP contribution in [0.5, 0.6) is 5.75 Å². The first-order chi connectivity index (χ1) is 14.3. The summed E-state index contributed by atoms with van der Waals surface area (Å²) in [4.78, 5) is 2.59. The molecule has 0 amide bonds. The Balaban J connectivity index is 1.41. The molecule has 0 spiro atoms. The molecular weight excluding hydrogens is 360 g/mol. The fourth-order valence-electron chi connectivity index (χ4n) is 4.25. The van der Waals surface area contributed by atoms with E-state index < -0.39 is 0 Å². The number of aromatic nitrogens is 1. The number of hydrogen-bond donors (Lipinski definition) is 0. The van der Waals surface area contributed by atoms with Crippen molar-refractivity contribution in [2.24, 2.45) is 0 Å². The van der Waals surface area contributed by atoms with Crippen LogP contribution in [0.1, 0.15) is 36.8 Å². The van der Waals surface area contributed by atoms with Crippen molar-refractivity contribution in [3.8, 4) is 5.75 Å². The molecule has 0 bridgehead atoms. The Hall–Kier alpha value is -2.30. The van der Waals surface area contributed by atoms with Crippen molar-refractivity contribution in [2.75, 3.05) is 26.8 Å². The van der Waals surface area contributed by atoms with Gasteiger partial charge in [0.25, 0.3) is 0 Å². The van der Waals surface area contributed by atoms with Crippen LogP contribution in [0.4, 0.5) is 0 Å². The predicted molar refractivity (Wildman–Crippen MR) is 118 cm³/mol. The number of aryl methyl sites for hydroxylation is 1. The van der Waals surface area contributed by atoms with Gasteiger partial charge in [0.2, 0.25) is 0 Å². The summed E-state index contributed by atoms with van der Waals surface area (Å²) in [6.07, 6.45) is 7.36. The Morgan fingerprint density at radius 2 is 1.79 bits per heavy atom. The molecule has 29 heavy (non-hydrogen) atoms.